The average Bonchev–Trinajstić information content (AvgIpc) is 2.94. The Morgan fingerprint density at radius 3 is 3.00 bits per heavy atom. The van der Waals surface area contributed by atoms with Gasteiger partial charge in [-0.2, -0.15) is 0 Å². The lowest BCUT2D eigenvalue weighted by Gasteiger charge is -1.95. The molecule has 3 rings (SSSR count). The second-order valence-electron chi connectivity index (χ2n) is 4.37. The number of imidazole rings is 1. The molecular weight excluding hydrogens is 226 g/mol. The molecule has 0 saturated heterocycles. The van der Waals surface area contributed by atoms with E-state index in [-0.39, 0.29) is 5.78 Å². The third-order valence-electron chi connectivity index (χ3n) is 2.92. The minimum atomic E-state index is 0.106. The zero-order chi connectivity index (χ0) is 12.5. The predicted molar refractivity (Wildman–Crippen MR) is 70.3 cm³/mol. The molecular formula is C14H13N3O. The Balaban J connectivity index is 2.04. The van der Waals surface area contributed by atoms with Crippen molar-refractivity contribution in [2.75, 3.05) is 0 Å². The maximum atomic E-state index is 11.1. The van der Waals surface area contributed by atoms with E-state index in [1.54, 1.807) is 13.1 Å². The zero-order valence-corrected chi connectivity index (χ0v) is 10.0. The van der Waals surface area contributed by atoms with Crippen LogP contribution in [0.3, 0.4) is 0 Å². The van der Waals surface area contributed by atoms with Crippen molar-refractivity contribution in [3.05, 3.63) is 42.5 Å². The maximum Gasteiger partial charge on any atom is 0.137 e. The lowest BCUT2D eigenvalue weighted by molar-refractivity contribution is -0.116. The van der Waals surface area contributed by atoms with Crippen molar-refractivity contribution in [3.8, 4) is 11.3 Å². The highest BCUT2D eigenvalue weighted by Gasteiger charge is 2.09. The van der Waals surface area contributed by atoms with Crippen LogP contribution in [0.5, 0.6) is 0 Å². The molecule has 0 aliphatic rings. The number of Topliss-reactive ketones (excluding diaryl/α,β-unsaturated/α-hetero) is 1. The van der Waals surface area contributed by atoms with Gasteiger partial charge in [-0.25, -0.2) is 4.98 Å². The van der Waals surface area contributed by atoms with Crippen molar-refractivity contribution in [2.24, 2.45) is 0 Å². The Morgan fingerprint density at radius 2 is 2.17 bits per heavy atom. The van der Waals surface area contributed by atoms with E-state index in [1.807, 2.05) is 24.4 Å². The first kappa shape index (κ1) is 10.8. The lowest BCUT2D eigenvalue weighted by Crippen LogP contribution is -1.97. The number of para-hydroxylation sites is 1. The number of hydrogen-bond donors (Lipinski definition) is 2. The third-order valence-corrected chi connectivity index (χ3v) is 2.92. The fourth-order valence-corrected chi connectivity index (χ4v) is 2.12. The van der Waals surface area contributed by atoms with Crippen LogP contribution in [-0.4, -0.2) is 20.7 Å². The van der Waals surface area contributed by atoms with Gasteiger partial charge in [-0.3, -0.25) is 4.79 Å². The molecule has 0 spiro atoms. The van der Waals surface area contributed by atoms with Crippen LogP contribution < -0.4 is 0 Å². The van der Waals surface area contributed by atoms with E-state index in [4.69, 9.17) is 0 Å². The largest absolute Gasteiger partial charge is 0.360 e. The van der Waals surface area contributed by atoms with Crippen LogP contribution in [0.1, 0.15) is 12.7 Å². The van der Waals surface area contributed by atoms with E-state index in [1.165, 1.54) is 0 Å². The summed E-state index contributed by atoms with van der Waals surface area (Å²) in [7, 11) is 0. The number of H-pyrrole nitrogens is 2. The Morgan fingerprint density at radius 1 is 1.33 bits per heavy atom. The van der Waals surface area contributed by atoms with Gasteiger partial charge in [0.1, 0.15) is 11.6 Å². The fraction of sp³-hybridized carbons (Fsp3) is 0.143. The number of nitrogens with zero attached hydrogens (tertiary/aromatic N) is 1. The number of aromatic nitrogens is 3. The van der Waals surface area contributed by atoms with Crippen molar-refractivity contribution in [1.29, 1.82) is 0 Å². The van der Waals surface area contributed by atoms with Crippen molar-refractivity contribution in [3.63, 3.8) is 0 Å². The van der Waals surface area contributed by atoms with E-state index in [9.17, 15) is 4.79 Å². The molecule has 4 heteroatoms. The molecule has 0 bridgehead atoms. The van der Waals surface area contributed by atoms with Crippen LogP contribution in [-0.2, 0) is 11.2 Å². The molecule has 0 saturated carbocycles. The molecule has 2 heterocycles. The summed E-state index contributed by atoms with van der Waals surface area (Å²) in [6.07, 6.45) is 4.08. The van der Waals surface area contributed by atoms with Crippen LogP contribution >= 0.6 is 0 Å². The van der Waals surface area contributed by atoms with Gasteiger partial charge in [-0.05, 0) is 13.0 Å². The van der Waals surface area contributed by atoms with Crippen molar-refractivity contribution in [1.82, 2.24) is 15.0 Å². The van der Waals surface area contributed by atoms with Gasteiger partial charge in [0.05, 0.1) is 18.3 Å². The summed E-state index contributed by atoms with van der Waals surface area (Å²) in [4.78, 5) is 21.7. The van der Waals surface area contributed by atoms with Crippen molar-refractivity contribution >= 4 is 16.7 Å². The number of ketones is 1. The molecule has 2 aromatic heterocycles. The predicted octanol–water partition coefficient (Wildman–Crippen LogP) is 2.69. The highest BCUT2D eigenvalue weighted by Crippen LogP contribution is 2.26. The lowest BCUT2D eigenvalue weighted by atomic mass is 10.1. The van der Waals surface area contributed by atoms with Crippen LogP contribution in [0, 0.1) is 0 Å². The normalized spacial score (nSPS) is 10.9. The standard InChI is InChI=1S/C14H13N3O/c1-9(18)6-14-16-8-13(17-14)11-7-15-12-5-3-2-4-10(11)12/h2-5,7-8,15H,6H2,1H3,(H,16,17). The summed E-state index contributed by atoms with van der Waals surface area (Å²) >= 11 is 0. The number of nitrogens with one attached hydrogen (secondary N) is 2. The minimum absolute atomic E-state index is 0.106. The SMILES string of the molecule is CC(=O)Cc1ncc(-c2c[nH]c3ccccc23)[nH]1. The molecule has 4 nitrogen and oxygen atoms in total. The van der Waals surface area contributed by atoms with Gasteiger partial charge in [0.15, 0.2) is 0 Å². The molecule has 0 radical (unpaired) electrons. The topological polar surface area (TPSA) is 61.5 Å². The Kier molecular flexibility index (Phi) is 2.48. The summed E-state index contributed by atoms with van der Waals surface area (Å²) < 4.78 is 0. The summed E-state index contributed by atoms with van der Waals surface area (Å²) in [5.41, 5.74) is 3.10. The molecule has 18 heavy (non-hydrogen) atoms. The van der Waals surface area contributed by atoms with Gasteiger partial charge in [0, 0.05) is 22.7 Å². The van der Waals surface area contributed by atoms with E-state index in [0.29, 0.717) is 12.2 Å². The molecule has 0 fully saturated rings. The number of rotatable bonds is 3. The second kappa shape index (κ2) is 4.14. The Hall–Kier alpha value is -2.36. The molecule has 90 valence electrons. The van der Waals surface area contributed by atoms with Crippen molar-refractivity contribution < 1.29 is 4.79 Å². The first-order valence-electron chi connectivity index (χ1n) is 5.84. The smallest absolute Gasteiger partial charge is 0.137 e. The summed E-state index contributed by atoms with van der Waals surface area (Å²) in [5.74, 6) is 0.817. The number of fused-ring (bicyclic) bond motifs is 1. The number of carbonyl (C=O) groups excluding carboxylic acids is 1. The number of benzene rings is 1. The van der Waals surface area contributed by atoms with Gasteiger partial charge < -0.3 is 9.97 Å². The highest BCUT2D eigenvalue weighted by molar-refractivity contribution is 5.94. The molecule has 0 aliphatic carbocycles. The molecule has 3 aromatic rings. The Bertz CT molecular complexity index is 708. The molecule has 0 amide bonds. The van der Waals surface area contributed by atoms with E-state index in [2.05, 4.69) is 21.0 Å². The van der Waals surface area contributed by atoms with E-state index < -0.39 is 0 Å². The molecule has 0 unspecified atom stereocenters. The van der Waals surface area contributed by atoms with E-state index in [0.717, 1.165) is 22.2 Å². The highest BCUT2D eigenvalue weighted by atomic mass is 16.1. The van der Waals surface area contributed by atoms with Gasteiger partial charge in [0.2, 0.25) is 0 Å². The molecule has 2 N–H and O–H groups in total. The number of carbonyl (C=O) groups is 1. The minimum Gasteiger partial charge on any atom is -0.360 e. The Labute approximate surface area is 104 Å². The summed E-state index contributed by atoms with van der Waals surface area (Å²) in [5, 5.41) is 1.15. The third kappa shape index (κ3) is 1.82. The van der Waals surface area contributed by atoms with Crippen LogP contribution in [0.2, 0.25) is 0 Å². The average molecular weight is 239 g/mol. The van der Waals surface area contributed by atoms with Crippen LogP contribution in [0.15, 0.2) is 36.7 Å². The molecule has 0 atom stereocenters. The summed E-state index contributed by atoms with van der Waals surface area (Å²) in [6.45, 7) is 1.56. The van der Waals surface area contributed by atoms with Crippen molar-refractivity contribution in [2.45, 2.75) is 13.3 Å². The van der Waals surface area contributed by atoms with Gasteiger partial charge in [0.25, 0.3) is 0 Å². The quantitative estimate of drug-likeness (QED) is 0.738. The van der Waals surface area contributed by atoms with Gasteiger partial charge in [-0.1, -0.05) is 18.2 Å². The number of hydrogen-bond acceptors (Lipinski definition) is 2. The maximum absolute atomic E-state index is 11.1. The van der Waals surface area contributed by atoms with Gasteiger partial charge in [-0.15, -0.1) is 0 Å². The zero-order valence-electron chi connectivity index (χ0n) is 10.0. The van der Waals surface area contributed by atoms with Crippen LogP contribution in [0.25, 0.3) is 22.2 Å². The first-order chi connectivity index (χ1) is 8.74. The molecule has 0 aliphatic heterocycles. The fourth-order valence-electron chi connectivity index (χ4n) is 2.12. The van der Waals surface area contributed by atoms with Gasteiger partial charge >= 0.3 is 0 Å². The number of aromatic amines is 2. The molecule has 1 aromatic carbocycles. The van der Waals surface area contributed by atoms with Crippen LogP contribution in [0.4, 0.5) is 0 Å². The summed E-state index contributed by atoms with van der Waals surface area (Å²) in [6, 6.07) is 8.10. The first-order valence-corrected chi connectivity index (χ1v) is 5.84. The monoisotopic (exact) mass is 239 g/mol. The second-order valence-corrected chi connectivity index (χ2v) is 4.37. The van der Waals surface area contributed by atoms with E-state index >= 15 is 0 Å².